The van der Waals surface area contributed by atoms with Gasteiger partial charge in [-0.05, 0) is 44.9 Å². The molecule has 1 atom stereocenters. The number of amides is 1. The largest absolute Gasteiger partial charge is 0.482 e. The van der Waals surface area contributed by atoms with Crippen LogP contribution < -0.4 is 10.1 Å². The lowest BCUT2D eigenvalue weighted by molar-refractivity contribution is -0.113. The third kappa shape index (κ3) is 5.92. The number of hydrogen-bond acceptors (Lipinski definition) is 8. The Morgan fingerprint density at radius 3 is 2.47 bits per heavy atom. The molecular formula is C28H30N4O4S2. The molecular weight excluding hydrogens is 520 g/mol. The van der Waals surface area contributed by atoms with Crippen LogP contribution in [0.1, 0.15) is 46.6 Å². The molecule has 0 fully saturated rings. The normalized spacial score (nSPS) is 11.7. The summed E-state index contributed by atoms with van der Waals surface area (Å²) in [4.78, 5) is 26.6. The fourth-order valence-electron chi connectivity index (χ4n) is 4.11. The number of esters is 1. The van der Waals surface area contributed by atoms with Crippen molar-refractivity contribution >= 4 is 40.0 Å². The standard InChI is InChI=1S/C28H30N4O4S2/c1-6-32-25(18(3)36-21-15-11-10-12-17(21)2)30-31-28(32)37-16-22(33)29-26-24(27(34)35-5)23(19(4)38-26)20-13-8-7-9-14-20/h7-15,18H,6,16H2,1-5H3,(H,29,33). The third-order valence-corrected chi connectivity index (χ3v) is 7.93. The van der Waals surface area contributed by atoms with Gasteiger partial charge in [0.2, 0.25) is 5.91 Å². The minimum absolute atomic E-state index is 0.101. The van der Waals surface area contributed by atoms with Crippen LogP contribution in [-0.2, 0) is 16.1 Å². The maximum Gasteiger partial charge on any atom is 0.341 e. The number of aryl methyl sites for hydroxylation is 2. The number of ether oxygens (including phenoxy) is 2. The zero-order valence-electron chi connectivity index (χ0n) is 22.0. The monoisotopic (exact) mass is 550 g/mol. The maximum absolute atomic E-state index is 13.0. The van der Waals surface area contributed by atoms with Crippen molar-refractivity contribution in [1.29, 1.82) is 0 Å². The number of nitrogens with one attached hydrogen (secondary N) is 1. The number of aromatic nitrogens is 3. The lowest BCUT2D eigenvalue weighted by Gasteiger charge is -2.17. The van der Waals surface area contributed by atoms with Gasteiger partial charge in [0.25, 0.3) is 0 Å². The molecule has 2 heterocycles. The van der Waals surface area contributed by atoms with Gasteiger partial charge in [-0.2, -0.15) is 0 Å². The summed E-state index contributed by atoms with van der Waals surface area (Å²) in [6.45, 7) is 8.48. The predicted octanol–water partition coefficient (Wildman–Crippen LogP) is 6.30. The third-order valence-electron chi connectivity index (χ3n) is 5.94. The minimum atomic E-state index is -0.492. The Morgan fingerprint density at radius 2 is 1.79 bits per heavy atom. The first-order chi connectivity index (χ1) is 18.3. The number of hydrogen-bond donors (Lipinski definition) is 1. The van der Waals surface area contributed by atoms with E-state index in [9.17, 15) is 9.59 Å². The molecule has 0 spiro atoms. The zero-order chi connectivity index (χ0) is 27.2. The number of rotatable bonds is 10. The van der Waals surface area contributed by atoms with E-state index >= 15 is 0 Å². The highest BCUT2D eigenvalue weighted by molar-refractivity contribution is 7.99. The van der Waals surface area contributed by atoms with Crippen molar-refractivity contribution in [3.05, 3.63) is 76.4 Å². The quantitative estimate of drug-likeness (QED) is 0.183. The molecule has 4 rings (SSSR count). The van der Waals surface area contributed by atoms with Crippen molar-refractivity contribution in [2.24, 2.45) is 0 Å². The van der Waals surface area contributed by atoms with Crippen molar-refractivity contribution in [2.75, 3.05) is 18.2 Å². The molecule has 2 aromatic heterocycles. The van der Waals surface area contributed by atoms with Gasteiger partial charge in [-0.25, -0.2) is 4.79 Å². The topological polar surface area (TPSA) is 95.3 Å². The summed E-state index contributed by atoms with van der Waals surface area (Å²) >= 11 is 2.64. The van der Waals surface area contributed by atoms with Crippen molar-refractivity contribution in [2.45, 2.75) is 45.5 Å². The highest BCUT2D eigenvalue weighted by Gasteiger charge is 2.25. The lowest BCUT2D eigenvalue weighted by atomic mass is 10.0. The van der Waals surface area contributed by atoms with Crippen molar-refractivity contribution in [3.63, 3.8) is 0 Å². The van der Waals surface area contributed by atoms with E-state index in [1.165, 1.54) is 30.2 Å². The van der Waals surface area contributed by atoms with Gasteiger partial charge in [-0.3, -0.25) is 4.79 Å². The van der Waals surface area contributed by atoms with Crippen LogP contribution in [0, 0.1) is 13.8 Å². The second kappa shape index (κ2) is 12.3. The van der Waals surface area contributed by atoms with E-state index in [0.717, 1.165) is 27.3 Å². The molecule has 1 unspecified atom stereocenters. The number of benzene rings is 2. The first-order valence-electron chi connectivity index (χ1n) is 12.2. The van der Waals surface area contributed by atoms with Gasteiger partial charge in [0.1, 0.15) is 16.3 Å². The number of anilines is 1. The Hall–Kier alpha value is -3.63. The number of para-hydroxylation sites is 1. The molecule has 38 heavy (non-hydrogen) atoms. The van der Waals surface area contributed by atoms with Crippen molar-refractivity contribution in [1.82, 2.24) is 14.8 Å². The lowest BCUT2D eigenvalue weighted by Crippen LogP contribution is -2.17. The summed E-state index contributed by atoms with van der Waals surface area (Å²) in [5.41, 5.74) is 3.06. The first kappa shape index (κ1) is 27.4. The number of thioether (sulfide) groups is 1. The highest BCUT2D eigenvalue weighted by atomic mass is 32.2. The van der Waals surface area contributed by atoms with Gasteiger partial charge in [0.05, 0.1) is 12.9 Å². The number of carbonyl (C=O) groups is 2. The fraction of sp³-hybridized carbons (Fsp3) is 0.286. The Kier molecular flexibility index (Phi) is 8.85. The fourth-order valence-corrected chi connectivity index (χ4v) is 6.00. The SMILES string of the molecule is CCn1c(SCC(=O)Nc2sc(C)c(-c3ccccc3)c2C(=O)OC)nnc1C(C)Oc1ccccc1C. The molecule has 10 heteroatoms. The Labute approximate surface area is 230 Å². The molecule has 0 saturated heterocycles. The van der Waals surface area contributed by atoms with Crippen LogP contribution >= 0.6 is 23.1 Å². The summed E-state index contributed by atoms with van der Waals surface area (Å²) in [5, 5.41) is 12.7. The molecule has 0 bridgehead atoms. The van der Waals surface area contributed by atoms with Gasteiger partial charge in [0.15, 0.2) is 17.1 Å². The number of thiophene rings is 1. The molecule has 0 saturated carbocycles. The second-order valence-corrected chi connectivity index (χ2v) is 10.7. The van der Waals surface area contributed by atoms with Crippen LogP contribution in [0.15, 0.2) is 59.8 Å². The second-order valence-electron chi connectivity index (χ2n) is 8.54. The highest BCUT2D eigenvalue weighted by Crippen LogP contribution is 2.40. The molecule has 198 valence electrons. The molecule has 2 aromatic carbocycles. The van der Waals surface area contributed by atoms with Gasteiger partial charge in [-0.1, -0.05) is 60.3 Å². The van der Waals surface area contributed by atoms with Crippen LogP contribution in [0.3, 0.4) is 0 Å². The molecule has 0 aliphatic heterocycles. The van der Waals surface area contributed by atoms with Crippen molar-refractivity contribution in [3.8, 4) is 16.9 Å². The molecule has 0 radical (unpaired) electrons. The Bertz CT molecular complexity index is 1430. The number of nitrogens with zero attached hydrogens (tertiary/aromatic N) is 3. The van der Waals surface area contributed by atoms with E-state index in [-0.39, 0.29) is 17.8 Å². The average molecular weight is 551 g/mol. The van der Waals surface area contributed by atoms with E-state index in [2.05, 4.69) is 15.5 Å². The predicted molar refractivity (Wildman–Crippen MR) is 151 cm³/mol. The van der Waals surface area contributed by atoms with Gasteiger partial charge < -0.3 is 19.4 Å². The van der Waals surface area contributed by atoms with Crippen LogP contribution in [0.25, 0.3) is 11.1 Å². The average Bonchev–Trinajstić information content (AvgIpc) is 3.48. The van der Waals surface area contributed by atoms with Crippen LogP contribution in [0.4, 0.5) is 5.00 Å². The molecule has 4 aromatic rings. The molecule has 0 aliphatic carbocycles. The van der Waals surface area contributed by atoms with Gasteiger partial charge in [0, 0.05) is 17.0 Å². The smallest absolute Gasteiger partial charge is 0.341 e. The van der Waals surface area contributed by atoms with Gasteiger partial charge in [-0.15, -0.1) is 21.5 Å². The minimum Gasteiger partial charge on any atom is -0.482 e. The summed E-state index contributed by atoms with van der Waals surface area (Å²) in [6.07, 6.45) is -0.320. The first-order valence-corrected chi connectivity index (χ1v) is 14.0. The van der Waals surface area contributed by atoms with E-state index < -0.39 is 5.97 Å². The molecule has 8 nitrogen and oxygen atoms in total. The molecule has 1 N–H and O–H groups in total. The van der Waals surface area contributed by atoms with Crippen LogP contribution in [0.2, 0.25) is 0 Å². The van der Waals surface area contributed by atoms with E-state index in [1.54, 1.807) is 0 Å². The van der Waals surface area contributed by atoms with Crippen LogP contribution in [-0.4, -0.2) is 39.5 Å². The molecule has 0 aliphatic rings. The number of carbonyl (C=O) groups excluding carboxylic acids is 2. The summed E-state index contributed by atoms with van der Waals surface area (Å²) in [6, 6.07) is 17.4. The Balaban J connectivity index is 1.48. The van der Waals surface area contributed by atoms with E-state index in [0.29, 0.717) is 28.1 Å². The summed E-state index contributed by atoms with van der Waals surface area (Å²) in [5.74, 6) is 0.838. The van der Waals surface area contributed by atoms with E-state index in [4.69, 9.17) is 9.47 Å². The zero-order valence-corrected chi connectivity index (χ0v) is 23.6. The Morgan fingerprint density at radius 1 is 1.08 bits per heavy atom. The van der Waals surface area contributed by atoms with E-state index in [1.807, 2.05) is 86.9 Å². The summed E-state index contributed by atoms with van der Waals surface area (Å²) < 4.78 is 13.1. The number of methoxy groups -OCH3 is 1. The molecule has 1 amide bonds. The van der Waals surface area contributed by atoms with Gasteiger partial charge >= 0.3 is 5.97 Å². The van der Waals surface area contributed by atoms with Crippen molar-refractivity contribution < 1.29 is 19.1 Å². The maximum atomic E-state index is 13.0. The van der Waals surface area contributed by atoms with Crippen LogP contribution in [0.5, 0.6) is 5.75 Å². The summed E-state index contributed by atoms with van der Waals surface area (Å²) in [7, 11) is 1.34.